The maximum atomic E-state index is 5.44. The van der Waals surface area contributed by atoms with Gasteiger partial charge in [0.25, 0.3) is 0 Å². The van der Waals surface area contributed by atoms with E-state index in [0.29, 0.717) is 0 Å². The van der Waals surface area contributed by atoms with Gasteiger partial charge in [0.05, 0.1) is 0 Å². The van der Waals surface area contributed by atoms with Gasteiger partial charge < -0.3 is 0 Å². The number of hydrogen-bond donors (Lipinski definition) is 0. The van der Waals surface area contributed by atoms with Crippen LogP contribution in [0, 0.1) is 5.92 Å². The van der Waals surface area contributed by atoms with Crippen molar-refractivity contribution in [2.24, 2.45) is 5.92 Å². The van der Waals surface area contributed by atoms with E-state index in [2.05, 4.69) is 11.8 Å². The third-order valence-corrected chi connectivity index (χ3v) is 2.58. The highest BCUT2D eigenvalue weighted by atomic mass is 35.5. The Morgan fingerprint density at radius 3 is 3.00 bits per heavy atom. The molecule has 64 valence electrons. The predicted octanol–water partition coefficient (Wildman–Crippen LogP) is 2.47. The Labute approximate surface area is 74.0 Å². The zero-order chi connectivity index (χ0) is 8.10. The molecular formula is C9H16ClN. The van der Waals surface area contributed by atoms with Gasteiger partial charge in [-0.2, -0.15) is 0 Å². The van der Waals surface area contributed by atoms with Crippen LogP contribution < -0.4 is 0 Å². The molecule has 1 rings (SSSR count). The number of nitrogens with zero attached hydrogens (tertiary/aromatic N) is 1. The summed E-state index contributed by atoms with van der Waals surface area (Å²) in [5, 5.41) is 0. The molecule has 0 aliphatic carbocycles. The van der Waals surface area contributed by atoms with E-state index in [-0.39, 0.29) is 0 Å². The van der Waals surface area contributed by atoms with E-state index in [1.807, 2.05) is 6.08 Å². The average molecular weight is 174 g/mol. The minimum Gasteiger partial charge on any atom is -0.299 e. The second-order valence-corrected chi connectivity index (χ2v) is 3.44. The lowest BCUT2D eigenvalue weighted by molar-refractivity contribution is 0.357. The highest BCUT2D eigenvalue weighted by Gasteiger charge is 2.18. The third kappa shape index (κ3) is 2.84. The Hall–Kier alpha value is -0.0100. The van der Waals surface area contributed by atoms with Crippen LogP contribution in [0.15, 0.2) is 11.6 Å². The Morgan fingerprint density at radius 2 is 2.45 bits per heavy atom. The smallest absolute Gasteiger partial charge is 0.0174 e. The van der Waals surface area contributed by atoms with Crippen molar-refractivity contribution in [2.75, 3.05) is 19.6 Å². The molecule has 1 aliphatic heterocycles. The summed E-state index contributed by atoms with van der Waals surface area (Å²) in [5.41, 5.74) is 1.61. The highest BCUT2D eigenvalue weighted by molar-refractivity contribution is 6.25. The molecule has 11 heavy (non-hydrogen) atoms. The van der Waals surface area contributed by atoms with Crippen LogP contribution in [-0.2, 0) is 0 Å². The second-order valence-electron chi connectivity index (χ2n) is 3.18. The predicted molar refractivity (Wildman–Crippen MR) is 49.8 cm³/mol. The summed E-state index contributed by atoms with van der Waals surface area (Å²) in [6.07, 6.45) is 4.70. The minimum atomic E-state index is 0.929. The van der Waals surface area contributed by atoms with E-state index in [9.17, 15) is 0 Å². The van der Waals surface area contributed by atoms with Gasteiger partial charge in [-0.25, -0.2) is 0 Å². The van der Waals surface area contributed by atoms with Crippen LogP contribution in [-0.4, -0.2) is 24.5 Å². The van der Waals surface area contributed by atoms with Crippen LogP contribution in [0.5, 0.6) is 0 Å². The fraction of sp³-hybridized carbons (Fsp3) is 0.778. The molecule has 0 amide bonds. The quantitative estimate of drug-likeness (QED) is 0.634. The molecule has 0 aromatic heterocycles. The molecule has 0 aromatic rings. The van der Waals surface area contributed by atoms with E-state index < -0.39 is 0 Å². The largest absolute Gasteiger partial charge is 0.299 e. The van der Waals surface area contributed by atoms with E-state index in [1.165, 1.54) is 25.9 Å². The van der Waals surface area contributed by atoms with Crippen molar-refractivity contribution in [2.45, 2.75) is 19.8 Å². The summed E-state index contributed by atoms with van der Waals surface area (Å²) < 4.78 is 0. The highest BCUT2D eigenvalue weighted by Crippen LogP contribution is 2.18. The lowest BCUT2D eigenvalue weighted by atomic mass is 10.1. The molecule has 0 aromatic carbocycles. The summed E-state index contributed by atoms with van der Waals surface area (Å²) in [4.78, 5) is 2.45. The summed E-state index contributed by atoms with van der Waals surface area (Å²) in [6, 6.07) is 0. The van der Waals surface area contributed by atoms with Gasteiger partial charge in [0, 0.05) is 18.6 Å². The van der Waals surface area contributed by atoms with Gasteiger partial charge in [-0.05, 0) is 18.9 Å². The van der Waals surface area contributed by atoms with Gasteiger partial charge in [0.1, 0.15) is 0 Å². The molecule has 2 heteroatoms. The van der Waals surface area contributed by atoms with E-state index >= 15 is 0 Å². The number of rotatable bonds is 3. The van der Waals surface area contributed by atoms with Gasteiger partial charge in [-0.3, -0.25) is 4.90 Å². The molecule has 1 saturated heterocycles. The van der Waals surface area contributed by atoms with Gasteiger partial charge >= 0.3 is 0 Å². The molecule has 1 aliphatic rings. The first-order valence-corrected chi connectivity index (χ1v) is 4.78. The third-order valence-electron chi connectivity index (χ3n) is 2.40. The van der Waals surface area contributed by atoms with E-state index in [0.717, 1.165) is 12.5 Å². The van der Waals surface area contributed by atoms with Crippen LogP contribution in [0.25, 0.3) is 0 Å². The van der Waals surface area contributed by atoms with Crippen LogP contribution >= 0.6 is 11.6 Å². The molecule has 0 radical (unpaired) electrons. The van der Waals surface area contributed by atoms with Crippen molar-refractivity contribution in [3.63, 3.8) is 0 Å². The van der Waals surface area contributed by atoms with E-state index in [4.69, 9.17) is 11.6 Å². The Kier molecular flexibility index (Phi) is 3.95. The summed E-state index contributed by atoms with van der Waals surface area (Å²) >= 11 is 5.44. The molecule has 1 nitrogen and oxygen atoms in total. The molecule has 1 unspecified atom stereocenters. The zero-order valence-corrected chi connectivity index (χ0v) is 7.85. The first-order chi connectivity index (χ1) is 5.36. The van der Waals surface area contributed by atoms with Crippen LogP contribution in [0.2, 0.25) is 0 Å². The summed E-state index contributed by atoms with van der Waals surface area (Å²) in [6.45, 7) is 5.81. The summed E-state index contributed by atoms with van der Waals surface area (Å²) in [5.74, 6) is 0.929. The first-order valence-electron chi connectivity index (χ1n) is 4.34. The van der Waals surface area contributed by atoms with Gasteiger partial charge in [-0.15, -0.1) is 0 Å². The van der Waals surface area contributed by atoms with Gasteiger partial charge in [0.2, 0.25) is 0 Å². The van der Waals surface area contributed by atoms with Crippen molar-refractivity contribution in [3.8, 4) is 0 Å². The number of halogens is 1. The lowest BCUT2D eigenvalue weighted by Crippen LogP contribution is -2.20. The standard InChI is InChI=1S/C9H16ClN/c1-2-9-4-7-11(8-9)6-3-5-10/h3,5,9H,2,4,6-8H2,1H3/b5-3+. The maximum Gasteiger partial charge on any atom is 0.0174 e. The lowest BCUT2D eigenvalue weighted by Gasteiger charge is -2.11. The molecule has 0 saturated carbocycles. The molecule has 0 N–H and O–H groups in total. The number of likely N-dealkylation sites (tertiary alicyclic amines) is 1. The Bertz CT molecular complexity index is 134. The number of hydrogen-bond acceptors (Lipinski definition) is 1. The van der Waals surface area contributed by atoms with Gasteiger partial charge in [0.15, 0.2) is 0 Å². The molecule has 1 atom stereocenters. The molecular weight excluding hydrogens is 158 g/mol. The van der Waals surface area contributed by atoms with Crippen molar-refractivity contribution in [3.05, 3.63) is 11.6 Å². The van der Waals surface area contributed by atoms with Crippen LogP contribution in [0.4, 0.5) is 0 Å². The molecule has 0 bridgehead atoms. The maximum absolute atomic E-state index is 5.44. The Morgan fingerprint density at radius 1 is 1.64 bits per heavy atom. The first kappa shape index (κ1) is 9.08. The van der Waals surface area contributed by atoms with Crippen molar-refractivity contribution in [1.29, 1.82) is 0 Å². The molecule has 1 heterocycles. The minimum absolute atomic E-state index is 0.929. The van der Waals surface area contributed by atoms with Crippen LogP contribution in [0.3, 0.4) is 0 Å². The SMILES string of the molecule is CCC1CCN(C/C=C/Cl)C1. The van der Waals surface area contributed by atoms with Crippen molar-refractivity contribution in [1.82, 2.24) is 4.90 Å². The van der Waals surface area contributed by atoms with Crippen molar-refractivity contribution >= 4 is 11.6 Å². The monoisotopic (exact) mass is 173 g/mol. The fourth-order valence-corrected chi connectivity index (χ4v) is 1.68. The Balaban J connectivity index is 2.19. The van der Waals surface area contributed by atoms with E-state index in [1.54, 1.807) is 5.54 Å². The average Bonchev–Trinajstić information content (AvgIpc) is 2.48. The topological polar surface area (TPSA) is 3.24 Å². The zero-order valence-electron chi connectivity index (χ0n) is 7.09. The normalized spacial score (nSPS) is 26.9. The second kappa shape index (κ2) is 4.78. The van der Waals surface area contributed by atoms with Crippen LogP contribution in [0.1, 0.15) is 19.8 Å². The van der Waals surface area contributed by atoms with Gasteiger partial charge in [-0.1, -0.05) is 31.0 Å². The molecule has 1 fully saturated rings. The molecule has 0 spiro atoms. The fourth-order valence-electron chi connectivity index (χ4n) is 1.60. The summed E-state index contributed by atoms with van der Waals surface area (Å²) in [7, 11) is 0. The van der Waals surface area contributed by atoms with Crippen molar-refractivity contribution < 1.29 is 0 Å².